The fraction of sp³-hybridized carbons (Fsp3) is 0.160. The number of hydrogen-bond acceptors (Lipinski definition) is 5. The van der Waals surface area contributed by atoms with Crippen molar-refractivity contribution in [3.63, 3.8) is 0 Å². The number of benzene rings is 1. The van der Waals surface area contributed by atoms with E-state index in [9.17, 15) is 9.59 Å². The lowest BCUT2D eigenvalue weighted by molar-refractivity contribution is -0.125. The largest absolute Gasteiger partial charge is 0.337 e. The number of carbonyl (C=O) groups is 2. The van der Waals surface area contributed by atoms with Crippen molar-refractivity contribution in [1.29, 1.82) is 0 Å². The second-order valence-electron chi connectivity index (χ2n) is 7.99. The second-order valence-corrected chi connectivity index (χ2v) is 8.40. The molecule has 1 aliphatic rings. The number of amides is 2. The van der Waals surface area contributed by atoms with Crippen molar-refractivity contribution in [2.75, 3.05) is 18.4 Å². The van der Waals surface area contributed by atoms with E-state index in [1.54, 1.807) is 47.8 Å². The van der Waals surface area contributed by atoms with Gasteiger partial charge in [-0.3, -0.25) is 19.3 Å². The monoisotopic (exact) mass is 472 g/mol. The standard InChI is InChI=1S/C25H21ClN6O2/c1-2-22(33)31-12-10-18(15-31)32-24-19(13-27-14-20(24)26)23(30-32)16-6-8-17(9-7-16)25(34)29-21-5-3-4-11-28-21/h2-9,11,13-14,18H,1,10,12,15H2,(H,28,29,34)/t18-/m1/s1. The van der Waals surface area contributed by atoms with E-state index < -0.39 is 0 Å². The fourth-order valence-electron chi connectivity index (χ4n) is 4.20. The van der Waals surface area contributed by atoms with Crippen molar-refractivity contribution in [1.82, 2.24) is 24.6 Å². The molecule has 34 heavy (non-hydrogen) atoms. The van der Waals surface area contributed by atoms with E-state index in [1.165, 1.54) is 6.08 Å². The molecule has 9 heteroatoms. The molecule has 1 atom stereocenters. The Kier molecular flexibility index (Phi) is 5.81. The third kappa shape index (κ3) is 4.04. The van der Waals surface area contributed by atoms with Gasteiger partial charge in [0.15, 0.2) is 0 Å². The normalized spacial score (nSPS) is 15.4. The summed E-state index contributed by atoms with van der Waals surface area (Å²) in [6.45, 7) is 4.75. The van der Waals surface area contributed by atoms with Crippen molar-refractivity contribution in [3.8, 4) is 11.3 Å². The van der Waals surface area contributed by atoms with E-state index in [0.29, 0.717) is 29.5 Å². The summed E-state index contributed by atoms with van der Waals surface area (Å²) in [4.78, 5) is 34.8. The molecule has 1 N–H and O–H groups in total. The van der Waals surface area contributed by atoms with Crippen LogP contribution in [0.25, 0.3) is 22.2 Å². The first-order chi connectivity index (χ1) is 16.5. The number of pyridine rings is 2. The van der Waals surface area contributed by atoms with Crippen LogP contribution in [0.5, 0.6) is 0 Å². The summed E-state index contributed by atoms with van der Waals surface area (Å²) in [5, 5.41) is 8.97. The Morgan fingerprint density at radius 1 is 1.15 bits per heavy atom. The summed E-state index contributed by atoms with van der Waals surface area (Å²) in [5.74, 6) is 0.150. The van der Waals surface area contributed by atoms with Gasteiger partial charge < -0.3 is 10.2 Å². The number of anilines is 1. The maximum absolute atomic E-state index is 12.6. The Labute approximate surface area is 200 Å². The molecule has 1 fully saturated rings. The second kappa shape index (κ2) is 9.07. The number of fused-ring (bicyclic) bond motifs is 1. The van der Waals surface area contributed by atoms with Crippen molar-refractivity contribution in [2.45, 2.75) is 12.5 Å². The Morgan fingerprint density at radius 2 is 1.97 bits per heavy atom. The van der Waals surface area contributed by atoms with Crippen LogP contribution in [-0.2, 0) is 4.79 Å². The molecule has 3 aromatic heterocycles. The number of nitrogens with zero attached hydrogens (tertiary/aromatic N) is 5. The lowest BCUT2D eigenvalue weighted by Crippen LogP contribution is -2.27. The van der Waals surface area contributed by atoms with Gasteiger partial charge in [0.05, 0.1) is 16.6 Å². The molecule has 5 rings (SSSR count). The topological polar surface area (TPSA) is 93.0 Å². The number of carbonyl (C=O) groups excluding carboxylic acids is 2. The van der Waals surface area contributed by atoms with E-state index in [4.69, 9.17) is 16.7 Å². The molecule has 0 radical (unpaired) electrons. The van der Waals surface area contributed by atoms with Gasteiger partial charge in [-0.1, -0.05) is 36.4 Å². The maximum atomic E-state index is 12.6. The van der Waals surface area contributed by atoms with Gasteiger partial charge in [0, 0.05) is 48.2 Å². The first-order valence-corrected chi connectivity index (χ1v) is 11.2. The predicted molar refractivity (Wildman–Crippen MR) is 131 cm³/mol. The van der Waals surface area contributed by atoms with Gasteiger partial charge in [-0.05, 0) is 36.8 Å². The number of nitrogens with one attached hydrogen (secondary N) is 1. The predicted octanol–water partition coefficient (Wildman–Crippen LogP) is 4.36. The third-order valence-corrected chi connectivity index (χ3v) is 6.16. The highest BCUT2D eigenvalue weighted by Gasteiger charge is 2.29. The molecule has 170 valence electrons. The van der Waals surface area contributed by atoms with Gasteiger partial charge in [0.2, 0.25) is 5.91 Å². The Hall–Kier alpha value is -4.04. The summed E-state index contributed by atoms with van der Waals surface area (Å²) in [6, 6.07) is 12.5. The summed E-state index contributed by atoms with van der Waals surface area (Å²) in [7, 11) is 0. The van der Waals surface area contributed by atoms with Gasteiger partial charge in [-0.15, -0.1) is 0 Å². The lowest BCUT2D eigenvalue weighted by atomic mass is 10.1. The SMILES string of the molecule is C=CC(=O)N1CC[C@@H](n2nc(-c3ccc(C(=O)Nc4ccccn4)cc3)c3cncc(Cl)c32)C1. The zero-order valence-electron chi connectivity index (χ0n) is 18.2. The fourth-order valence-corrected chi connectivity index (χ4v) is 4.44. The van der Waals surface area contributed by atoms with Crippen LogP contribution in [-0.4, -0.2) is 49.6 Å². The number of hydrogen-bond donors (Lipinski definition) is 1. The van der Waals surface area contributed by atoms with Crippen LogP contribution >= 0.6 is 11.6 Å². The van der Waals surface area contributed by atoms with E-state index in [0.717, 1.165) is 28.6 Å². The summed E-state index contributed by atoms with van der Waals surface area (Å²) >= 11 is 6.53. The number of halogens is 1. The van der Waals surface area contributed by atoms with Crippen LogP contribution in [0.3, 0.4) is 0 Å². The molecule has 4 aromatic rings. The number of rotatable bonds is 5. The molecule has 2 amide bonds. The third-order valence-electron chi connectivity index (χ3n) is 5.89. The van der Waals surface area contributed by atoms with E-state index in [1.807, 2.05) is 22.9 Å². The Morgan fingerprint density at radius 3 is 2.71 bits per heavy atom. The minimum atomic E-state index is -0.247. The van der Waals surface area contributed by atoms with E-state index in [2.05, 4.69) is 21.9 Å². The molecule has 0 aliphatic carbocycles. The molecule has 1 aliphatic heterocycles. The van der Waals surface area contributed by atoms with Gasteiger partial charge >= 0.3 is 0 Å². The average Bonchev–Trinajstić information content (AvgIpc) is 3.50. The van der Waals surface area contributed by atoms with Crippen LogP contribution in [0.1, 0.15) is 22.8 Å². The first-order valence-electron chi connectivity index (χ1n) is 10.8. The van der Waals surface area contributed by atoms with E-state index >= 15 is 0 Å². The smallest absolute Gasteiger partial charge is 0.256 e. The lowest BCUT2D eigenvalue weighted by Gasteiger charge is -2.15. The van der Waals surface area contributed by atoms with Crippen molar-refractivity contribution >= 4 is 40.1 Å². The van der Waals surface area contributed by atoms with Crippen LogP contribution in [0, 0.1) is 0 Å². The van der Waals surface area contributed by atoms with Gasteiger partial charge in [0.1, 0.15) is 11.5 Å². The van der Waals surface area contributed by atoms with Crippen LogP contribution in [0.4, 0.5) is 5.82 Å². The minimum Gasteiger partial charge on any atom is -0.337 e. The molecule has 0 saturated carbocycles. The number of aromatic nitrogens is 4. The number of likely N-dealkylation sites (tertiary alicyclic amines) is 1. The minimum absolute atomic E-state index is 0.0107. The van der Waals surface area contributed by atoms with Crippen molar-refractivity contribution in [3.05, 3.63) is 84.3 Å². The molecule has 1 saturated heterocycles. The summed E-state index contributed by atoms with van der Waals surface area (Å²) < 4.78 is 1.90. The van der Waals surface area contributed by atoms with Crippen LogP contribution in [0.15, 0.2) is 73.7 Å². The van der Waals surface area contributed by atoms with Crippen LogP contribution < -0.4 is 5.32 Å². The zero-order valence-corrected chi connectivity index (χ0v) is 18.9. The van der Waals surface area contributed by atoms with Crippen molar-refractivity contribution < 1.29 is 9.59 Å². The maximum Gasteiger partial charge on any atom is 0.256 e. The molecule has 0 bridgehead atoms. The molecule has 4 heterocycles. The van der Waals surface area contributed by atoms with Crippen molar-refractivity contribution in [2.24, 2.45) is 0 Å². The van der Waals surface area contributed by atoms with Gasteiger partial charge in [-0.25, -0.2) is 4.98 Å². The molecule has 0 spiro atoms. The molecule has 8 nitrogen and oxygen atoms in total. The Balaban J connectivity index is 1.46. The molecular weight excluding hydrogens is 452 g/mol. The van der Waals surface area contributed by atoms with E-state index in [-0.39, 0.29) is 17.9 Å². The zero-order chi connectivity index (χ0) is 23.7. The van der Waals surface area contributed by atoms with Crippen LogP contribution in [0.2, 0.25) is 5.02 Å². The molecule has 1 aromatic carbocycles. The summed E-state index contributed by atoms with van der Waals surface area (Å²) in [5.41, 5.74) is 2.83. The highest BCUT2D eigenvalue weighted by Crippen LogP contribution is 2.35. The molecular formula is C25H21ClN6O2. The highest BCUT2D eigenvalue weighted by molar-refractivity contribution is 6.35. The quantitative estimate of drug-likeness (QED) is 0.436. The molecule has 0 unspecified atom stereocenters. The van der Waals surface area contributed by atoms with Gasteiger partial charge in [0.25, 0.3) is 5.91 Å². The Bertz CT molecular complexity index is 1380. The first kappa shape index (κ1) is 21.8. The highest BCUT2D eigenvalue weighted by atomic mass is 35.5. The summed E-state index contributed by atoms with van der Waals surface area (Å²) in [6.07, 6.45) is 7.05. The van der Waals surface area contributed by atoms with Gasteiger partial charge in [-0.2, -0.15) is 5.10 Å². The average molecular weight is 473 g/mol.